The minimum Gasteiger partial charge on any atom is -0.507 e. The first-order chi connectivity index (χ1) is 7.95. The fourth-order valence-corrected chi connectivity index (χ4v) is 1.32. The molecular formula is C11H11NO5. The molecule has 17 heavy (non-hydrogen) atoms. The highest BCUT2D eigenvalue weighted by Gasteiger charge is 2.15. The maximum atomic E-state index is 11.0. The third kappa shape index (κ3) is 3.12. The topological polar surface area (TPSA) is 118 Å². The zero-order valence-electron chi connectivity index (χ0n) is 8.79. The van der Waals surface area contributed by atoms with Gasteiger partial charge in [0.25, 0.3) is 0 Å². The molecule has 90 valence electrons. The Morgan fingerprint density at radius 2 is 2.06 bits per heavy atom. The van der Waals surface area contributed by atoms with Gasteiger partial charge in [-0.15, -0.1) is 0 Å². The number of aliphatic carboxylic acids is 1. The summed E-state index contributed by atoms with van der Waals surface area (Å²) in [5.41, 5.74) is 5.67. The number of carbonyl (C=O) groups excluding carboxylic acids is 2. The average molecular weight is 237 g/mol. The molecule has 1 atom stereocenters. The summed E-state index contributed by atoms with van der Waals surface area (Å²) in [4.78, 5) is 31.8. The Labute approximate surface area is 96.7 Å². The van der Waals surface area contributed by atoms with Gasteiger partial charge in [-0.1, -0.05) is 6.07 Å². The maximum Gasteiger partial charge on any atom is 0.320 e. The molecule has 0 radical (unpaired) electrons. The highest BCUT2D eigenvalue weighted by Crippen LogP contribution is 2.19. The van der Waals surface area contributed by atoms with Crippen molar-refractivity contribution >= 4 is 18.0 Å². The van der Waals surface area contributed by atoms with Crippen LogP contribution < -0.4 is 5.73 Å². The van der Waals surface area contributed by atoms with Gasteiger partial charge in [0.15, 0.2) is 6.29 Å². The number of hydrogen-bond acceptors (Lipinski definition) is 5. The number of rotatable bonds is 5. The number of aldehydes is 1. The number of phenolic OH excluding ortho intramolecular Hbond substituents is 1. The number of Topliss-reactive ketones (excluding diaryl/α,β-unsaturated/α-hetero) is 1. The van der Waals surface area contributed by atoms with E-state index in [1.807, 2.05) is 0 Å². The number of carboxylic acid groups (broad SMARTS) is 1. The summed E-state index contributed by atoms with van der Waals surface area (Å²) in [6.45, 7) is 0. The van der Waals surface area contributed by atoms with Gasteiger partial charge in [-0.3, -0.25) is 14.4 Å². The summed E-state index contributed by atoms with van der Waals surface area (Å²) in [5.74, 6) is -2.36. The fraction of sp³-hybridized carbons (Fsp3) is 0.182. The molecule has 0 fully saturated rings. The summed E-state index contributed by atoms with van der Waals surface area (Å²) in [7, 11) is 0. The van der Waals surface area contributed by atoms with E-state index in [0.717, 1.165) is 0 Å². The van der Waals surface area contributed by atoms with Crippen LogP contribution in [0.25, 0.3) is 0 Å². The van der Waals surface area contributed by atoms with Crippen LogP contribution in [0.2, 0.25) is 0 Å². The number of ketones is 1. The van der Waals surface area contributed by atoms with E-state index in [-0.39, 0.29) is 24.0 Å². The van der Waals surface area contributed by atoms with Gasteiger partial charge < -0.3 is 15.9 Å². The number of phenols is 1. The van der Waals surface area contributed by atoms with E-state index in [4.69, 9.17) is 10.8 Å². The maximum absolute atomic E-state index is 11.0. The molecule has 4 N–H and O–H groups in total. The van der Waals surface area contributed by atoms with Gasteiger partial charge in [0.05, 0.1) is 5.56 Å². The van der Waals surface area contributed by atoms with Crippen molar-refractivity contribution in [1.29, 1.82) is 0 Å². The lowest BCUT2D eigenvalue weighted by Gasteiger charge is -2.07. The van der Waals surface area contributed by atoms with Gasteiger partial charge >= 0.3 is 5.97 Å². The van der Waals surface area contributed by atoms with Gasteiger partial charge in [-0.05, 0) is 24.1 Å². The van der Waals surface area contributed by atoms with Crippen molar-refractivity contribution < 1.29 is 24.6 Å². The standard InChI is InChI=1S/C11H11NO5/c12-8(11(16)17)3-6-1-2-7(9(14)4-6)10(15)5-13/h1-2,4-5,8,14H,3,12H2,(H,16,17)/t8-/m0/s1. The van der Waals surface area contributed by atoms with E-state index in [2.05, 4.69) is 0 Å². The van der Waals surface area contributed by atoms with Gasteiger partial charge in [0.2, 0.25) is 5.78 Å². The largest absolute Gasteiger partial charge is 0.507 e. The molecule has 1 aromatic rings. The molecule has 0 amide bonds. The molecule has 0 unspecified atom stereocenters. The predicted molar refractivity (Wildman–Crippen MR) is 57.8 cm³/mol. The predicted octanol–water partition coefficient (Wildman–Crippen LogP) is -0.272. The molecule has 0 aromatic heterocycles. The van der Waals surface area contributed by atoms with Crippen LogP contribution in [0.1, 0.15) is 15.9 Å². The number of nitrogens with two attached hydrogens (primary N) is 1. The van der Waals surface area contributed by atoms with E-state index in [0.29, 0.717) is 5.56 Å². The second kappa shape index (κ2) is 5.22. The van der Waals surface area contributed by atoms with Crippen molar-refractivity contribution in [2.24, 2.45) is 5.73 Å². The smallest absolute Gasteiger partial charge is 0.320 e. The van der Waals surface area contributed by atoms with Crippen molar-refractivity contribution in [2.75, 3.05) is 0 Å². The average Bonchev–Trinajstić information content (AvgIpc) is 2.28. The van der Waals surface area contributed by atoms with Crippen molar-refractivity contribution in [1.82, 2.24) is 0 Å². The summed E-state index contributed by atoms with van der Waals surface area (Å²) in [6, 6.07) is 2.84. The lowest BCUT2D eigenvalue weighted by Crippen LogP contribution is -2.32. The Kier molecular flexibility index (Phi) is 3.95. The Balaban J connectivity index is 2.93. The van der Waals surface area contributed by atoms with Crippen LogP contribution >= 0.6 is 0 Å². The number of carboxylic acids is 1. The van der Waals surface area contributed by atoms with Gasteiger partial charge in [0.1, 0.15) is 11.8 Å². The molecule has 0 aliphatic rings. The van der Waals surface area contributed by atoms with Crippen molar-refractivity contribution in [3.63, 3.8) is 0 Å². The minimum atomic E-state index is -1.16. The zero-order chi connectivity index (χ0) is 13.0. The Hall–Kier alpha value is -2.21. The monoisotopic (exact) mass is 237 g/mol. The molecule has 1 aromatic carbocycles. The van der Waals surface area contributed by atoms with E-state index in [1.54, 1.807) is 0 Å². The summed E-state index contributed by atoms with van der Waals surface area (Å²) in [6.07, 6.45) is 0.121. The molecule has 0 saturated heterocycles. The number of carbonyl (C=O) groups is 3. The summed E-state index contributed by atoms with van der Waals surface area (Å²) < 4.78 is 0. The quantitative estimate of drug-likeness (QED) is 0.368. The second-order valence-corrected chi connectivity index (χ2v) is 3.48. The van der Waals surface area contributed by atoms with E-state index >= 15 is 0 Å². The van der Waals surface area contributed by atoms with Crippen LogP contribution in [0.4, 0.5) is 0 Å². The first-order valence-corrected chi connectivity index (χ1v) is 4.75. The van der Waals surface area contributed by atoms with Crippen LogP contribution in [-0.4, -0.2) is 34.3 Å². The van der Waals surface area contributed by atoms with E-state index < -0.39 is 17.8 Å². The molecular weight excluding hydrogens is 226 g/mol. The highest BCUT2D eigenvalue weighted by molar-refractivity contribution is 6.34. The second-order valence-electron chi connectivity index (χ2n) is 3.48. The van der Waals surface area contributed by atoms with Crippen LogP contribution in [0, 0.1) is 0 Å². The Bertz CT molecular complexity index is 469. The van der Waals surface area contributed by atoms with E-state index in [9.17, 15) is 19.5 Å². The molecule has 0 bridgehead atoms. The molecule has 0 aliphatic heterocycles. The van der Waals surface area contributed by atoms with Crippen LogP contribution in [0.5, 0.6) is 5.75 Å². The molecule has 0 spiro atoms. The molecule has 0 aliphatic carbocycles. The Morgan fingerprint density at radius 1 is 1.41 bits per heavy atom. The highest BCUT2D eigenvalue weighted by atomic mass is 16.4. The lowest BCUT2D eigenvalue weighted by atomic mass is 10.0. The Morgan fingerprint density at radius 3 is 2.53 bits per heavy atom. The third-order valence-electron chi connectivity index (χ3n) is 2.21. The SMILES string of the molecule is N[C@@H](Cc1ccc(C(=O)C=O)c(O)c1)C(=O)O. The number of benzene rings is 1. The summed E-state index contributed by atoms with van der Waals surface area (Å²) in [5, 5.41) is 18.1. The lowest BCUT2D eigenvalue weighted by molar-refractivity contribution is -0.138. The van der Waals surface area contributed by atoms with Gasteiger partial charge in [-0.25, -0.2) is 0 Å². The minimum absolute atomic E-state index is 0.0262. The van der Waals surface area contributed by atoms with Crippen LogP contribution in [0.15, 0.2) is 18.2 Å². The van der Waals surface area contributed by atoms with Crippen molar-refractivity contribution in [3.05, 3.63) is 29.3 Å². The third-order valence-corrected chi connectivity index (χ3v) is 2.21. The first-order valence-electron chi connectivity index (χ1n) is 4.75. The molecule has 0 heterocycles. The van der Waals surface area contributed by atoms with Gasteiger partial charge in [0, 0.05) is 0 Å². The molecule has 0 saturated carbocycles. The first kappa shape index (κ1) is 12.9. The molecule has 1 rings (SSSR count). The fourth-order valence-electron chi connectivity index (χ4n) is 1.32. The van der Waals surface area contributed by atoms with Crippen LogP contribution in [0.3, 0.4) is 0 Å². The number of hydrogen-bond donors (Lipinski definition) is 3. The molecule has 6 heteroatoms. The van der Waals surface area contributed by atoms with Crippen molar-refractivity contribution in [2.45, 2.75) is 12.5 Å². The van der Waals surface area contributed by atoms with Crippen LogP contribution in [-0.2, 0) is 16.0 Å². The normalized spacial score (nSPS) is 11.8. The summed E-state index contributed by atoms with van der Waals surface area (Å²) >= 11 is 0. The zero-order valence-corrected chi connectivity index (χ0v) is 8.79. The van der Waals surface area contributed by atoms with E-state index in [1.165, 1.54) is 18.2 Å². The number of aromatic hydroxyl groups is 1. The molecule has 6 nitrogen and oxygen atoms in total. The van der Waals surface area contributed by atoms with Crippen molar-refractivity contribution in [3.8, 4) is 5.75 Å². The van der Waals surface area contributed by atoms with Gasteiger partial charge in [-0.2, -0.15) is 0 Å².